The summed E-state index contributed by atoms with van der Waals surface area (Å²) in [6.07, 6.45) is 1.09. The van der Waals surface area contributed by atoms with Crippen LogP contribution in [0.15, 0.2) is 24.3 Å². The van der Waals surface area contributed by atoms with Crippen LogP contribution in [-0.2, 0) is 11.2 Å². The summed E-state index contributed by atoms with van der Waals surface area (Å²) in [6, 6.07) is 7.97. The van der Waals surface area contributed by atoms with Gasteiger partial charge in [-0.05, 0) is 32.0 Å². The zero-order valence-electron chi connectivity index (χ0n) is 12.3. The molecule has 1 heterocycles. The smallest absolute Gasteiger partial charge is 0.239 e. The average Bonchev–Trinajstić information content (AvgIpc) is 2.41. The van der Waals surface area contributed by atoms with E-state index >= 15 is 0 Å². The number of ether oxygens (including phenoxy) is 1. The number of rotatable bonds is 5. The zero-order chi connectivity index (χ0) is 13.8. The lowest BCUT2D eigenvalue weighted by molar-refractivity contribution is -0.141. The third kappa shape index (κ3) is 3.64. The molecule has 1 aromatic carbocycles. The standard InChI is InChI=1S/C15H22N2O2.ClH/c1-4-12-7-5-6-8-14(12)19-13-9-17(10-13)15(18)11(2)16-3;/h5-8,11,13,16H,4,9-10H2,1-3H3;1H/t11-;/m0./s1. The number of likely N-dealkylation sites (N-methyl/N-ethyl adjacent to an activating group) is 1. The van der Waals surface area contributed by atoms with E-state index in [-0.39, 0.29) is 30.5 Å². The van der Waals surface area contributed by atoms with Crippen LogP contribution in [0.3, 0.4) is 0 Å². The number of hydrogen-bond acceptors (Lipinski definition) is 3. The Kier molecular flexibility index (Phi) is 6.30. The number of hydrogen-bond donors (Lipinski definition) is 1. The Labute approximate surface area is 126 Å². The SMILES string of the molecule is CCc1ccccc1OC1CN(C(=O)[C@H](C)NC)C1.Cl. The molecule has 0 aliphatic carbocycles. The molecule has 0 saturated carbocycles. The molecule has 20 heavy (non-hydrogen) atoms. The molecule has 0 unspecified atom stereocenters. The molecule has 112 valence electrons. The van der Waals surface area contributed by atoms with Gasteiger partial charge in [0.2, 0.25) is 5.91 Å². The van der Waals surface area contributed by atoms with E-state index in [2.05, 4.69) is 18.3 Å². The largest absolute Gasteiger partial charge is 0.486 e. The molecular formula is C15H23ClN2O2. The van der Waals surface area contributed by atoms with E-state index in [0.717, 1.165) is 12.2 Å². The first-order valence-corrected chi connectivity index (χ1v) is 6.86. The van der Waals surface area contributed by atoms with Crippen LogP contribution in [0.1, 0.15) is 19.4 Å². The Hall–Kier alpha value is -1.26. The van der Waals surface area contributed by atoms with Crippen molar-refractivity contribution in [2.75, 3.05) is 20.1 Å². The van der Waals surface area contributed by atoms with Gasteiger partial charge in [0.1, 0.15) is 11.9 Å². The van der Waals surface area contributed by atoms with Gasteiger partial charge in [-0.25, -0.2) is 0 Å². The van der Waals surface area contributed by atoms with Crippen molar-refractivity contribution in [1.82, 2.24) is 10.2 Å². The van der Waals surface area contributed by atoms with Crippen LogP contribution in [0.4, 0.5) is 0 Å². The highest BCUT2D eigenvalue weighted by Gasteiger charge is 2.34. The molecule has 1 aliphatic rings. The third-order valence-electron chi connectivity index (χ3n) is 3.61. The first kappa shape index (κ1) is 16.8. The maximum atomic E-state index is 11.9. The monoisotopic (exact) mass is 298 g/mol. The van der Waals surface area contributed by atoms with Crippen molar-refractivity contribution in [3.8, 4) is 5.75 Å². The number of carbonyl (C=O) groups excluding carboxylic acids is 1. The fraction of sp³-hybridized carbons (Fsp3) is 0.533. The first-order valence-electron chi connectivity index (χ1n) is 6.86. The fourth-order valence-corrected chi connectivity index (χ4v) is 2.18. The molecule has 1 N–H and O–H groups in total. The van der Waals surface area contributed by atoms with Crippen LogP contribution < -0.4 is 10.1 Å². The molecule has 1 atom stereocenters. The summed E-state index contributed by atoms with van der Waals surface area (Å²) in [6.45, 7) is 5.36. The second-order valence-corrected chi connectivity index (χ2v) is 4.95. The van der Waals surface area contributed by atoms with E-state index in [1.54, 1.807) is 7.05 Å². The van der Waals surface area contributed by atoms with Crippen LogP contribution >= 0.6 is 12.4 Å². The van der Waals surface area contributed by atoms with Gasteiger partial charge in [-0.2, -0.15) is 0 Å². The van der Waals surface area contributed by atoms with Gasteiger partial charge in [0.25, 0.3) is 0 Å². The summed E-state index contributed by atoms with van der Waals surface area (Å²) in [4.78, 5) is 13.7. The highest BCUT2D eigenvalue weighted by molar-refractivity contribution is 5.85. The fourth-order valence-electron chi connectivity index (χ4n) is 2.18. The first-order chi connectivity index (χ1) is 9.15. The van der Waals surface area contributed by atoms with Crippen LogP contribution in [0.2, 0.25) is 0 Å². The van der Waals surface area contributed by atoms with Gasteiger partial charge >= 0.3 is 0 Å². The van der Waals surface area contributed by atoms with E-state index in [0.29, 0.717) is 13.1 Å². The van der Waals surface area contributed by atoms with Gasteiger partial charge < -0.3 is 15.0 Å². The van der Waals surface area contributed by atoms with Crippen molar-refractivity contribution in [3.05, 3.63) is 29.8 Å². The summed E-state index contributed by atoms with van der Waals surface area (Å²) in [5.74, 6) is 1.09. The molecule has 1 aromatic rings. The van der Waals surface area contributed by atoms with E-state index in [4.69, 9.17) is 4.74 Å². The molecule has 5 heteroatoms. The Morgan fingerprint density at radius 3 is 2.70 bits per heavy atom. The number of carbonyl (C=O) groups is 1. The molecule has 2 rings (SSSR count). The van der Waals surface area contributed by atoms with Crippen LogP contribution in [-0.4, -0.2) is 43.1 Å². The van der Waals surface area contributed by atoms with E-state index in [9.17, 15) is 4.79 Å². The Morgan fingerprint density at radius 2 is 2.10 bits per heavy atom. The van der Waals surface area contributed by atoms with Crippen LogP contribution in [0.5, 0.6) is 5.75 Å². The lowest BCUT2D eigenvalue weighted by Crippen LogP contribution is -2.59. The van der Waals surface area contributed by atoms with Crippen molar-refractivity contribution in [2.24, 2.45) is 0 Å². The van der Waals surface area contributed by atoms with Gasteiger partial charge in [0.05, 0.1) is 19.1 Å². The molecule has 1 fully saturated rings. The minimum absolute atomic E-state index is 0. The minimum Gasteiger partial charge on any atom is -0.486 e. The molecule has 4 nitrogen and oxygen atoms in total. The Balaban J connectivity index is 0.00000200. The minimum atomic E-state index is -0.121. The van der Waals surface area contributed by atoms with Gasteiger partial charge in [-0.1, -0.05) is 25.1 Å². The quantitative estimate of drug-likeness (QED) is 0.902. The Morgan fingerprint density at radius 1 is 1.45 bits per heavy atom. The lowest BCUT2D eigenvalue weighted by Gasteiger charge is -2.40. The molecule has 1 saturated heterocycles. The number of benzene rings is 1. The van der Waals surface area contributed by atoms with Crippen molar-refractivity contribution in [2.45, 2.75) is 32.4 Å². The average molecular weight is 299 g/mol. The number of aryl methyl sites for hydroxylation is 1. The van der Waals surface area contributed by atoms with Crippen molar-refractivity contribution in [3.63, 3.8) is 0 Å². The number of likely N-dealkylation sites (tertiary alicyclic amines) is 1. The van der Waals surface area contributed by atoms with E-state index < -0.39 is 0 Å². The topological polar surface area (TPSA) is 41.6 Å². The molecule has 0 aromatic heterocycles. The molecule has 0 bridgehead atoms. The molecule has 1 aliphatic heterocycles. The number of para-hydroxylation sites is 1. The van der Waals surface area contributed by atoms with Gasteiger partial charge in [0, 0.05) is 0 Å². The zero-order valence-corrected chi connectivity index (χ0v) is 13.1. The van der Waals surface area contributed by atoms with Crippen LogP contribution in [0.25, 0.3) is 0 Å². The number of nitrogens with one attached hydrogen (secondary N) is 1. The van der Waals surface area contributed by atoms with E-state index in [1.807, 2.05) is 30.0 Å². The third-order valence-corrected chi connectivity index (χ3v) is 3.61. The molecule has 0 spiro atoms. The summed E-state index contributed by atoms with van der Waals surface area (Å²) in [5, 5.41) is 2.96. The maximum absolute atomic E-state index is 11.9. The van der Waals surface area contributed by atoms with Gasteiger partial charge in [-0.3, -0.25) is 4.79 Å². The molecule has 0 radical (unpaired) electrons. The highest BCUT2D eigenvalue weighted by Crippen LogP contribution is 2.23. The van der Waals surface area contributed by atoms with E-state index in [1.165, 1.54) is 5.56 Å². The normalized spacial score (nSPS) is 16.1. The number of nitrogens with zero attached hydrogens (tertiary/aromatic N) is 1. The van der Waals surface area contributed by atoms with Crippen molar-refractivity contribution >= 4 is 18.3 Å². The predicted octanol–water partition coefficient (Wildman–Crippen LogP) is 1.87. The summed E-state index contributed by atoms with van der Waals surface area (Å²) in [5.41, 5.74) is 1.22. The maximum Gasteiger partial charge on any atom is 0.239 e. The second-order valence-electron chi connectivity index (χ2n) is 4.95. The number of halogens is 1. The van der Waals surface area contributed by atoms with Crippen molar-refractivity contribution in [1.29, 1.82) is 0 Å². The van der Waals surface area contributed by atoms with Gasteiger partial charge in [-0.15, -0.1) is 12.4 Å². The van der Waals surface area contributed by atoms with Crippen LogP contribution in [0, 0.1) is 0 Å². The summed E-state index contributed by atoms with van der Waals surface area (Å²) < 4.78 is 5.95. The lowest BCUT2D eigenvalue weighted by atomic mass is 10.1. The Bertz CT molecular complexity index is 447. The molecule has 1 amide bonds. The summed E-state index contributed by atoms with van der Waals surface area (Å²) >= 11 is 0. The number of amides is 1. The predicted molar refractivity (Wildman–Crippen MR) is 82.6 cm³/mol. The highest BCUT2D eigenvalue weighted by atomic mass is 35.5. The summed E-state index contributed by atoms with van der Waals surface area (Å²) in [7, 11) is 1.80. The molecular weight excluding hydrogens is 276 g/mol. The van der Waals surface area contributed by atoms with Gasteiger partial charge in [0.15, 0.2) is 0 Å². The second kappa shape index (κ2) is 7.50. The van der Waals surface area contributed by atoms with Crippen molar-refractivity contribution < 1.29 is 9.53 Å².